The van der Waals surface area contributed by atoms with Crippen LogP contribution in [-0.2, 0) is 11.3 Å². The van der Waals surface area contributed by atoms with Gasteiger partial charge < -0.3 is 9.47 Å². The van der Waals surface area contributed by atoms with E-state index in [9.17, 15) is 13.2 Å². The fourth-order valence-corrected chi connectivity index (χ4v) is 3.26. The third-order valence-electron chi connectivity index (χ3n) is 4.02. The summed E-state index contributed by atoms with van der Waals surface area (Å²) in [7, 11) is 0. The lowest BCUT2D eigenvalue weighted by molar-refractivity contribution is -0.0527. The van der Waals surface area contributed by atoms with Crippen molar-refractivity contribution in [1.82, 2.24) is 4.90 Å². The Kier molecular flexibility index (Phi) is 5.98. The van der Waals surface area contributed by atoms with Gasteiger partial charge in [-0.2, -0.15) is 8.78 Å². The van der Waals surface area contributed by atoms with Crippen LogP contribution < -0.4 is 4.74 Å². The summed E-state index contributed by atoms with van der Waals surface area (Å²) in [5, 5.41) is 0. The average molecular weight is 416 g/mol. The molecule has 2 aromatic rings. The van der Waals surface area contributed by atoms with Gasteiger partial charge in [0.05, 0.1) is 12.7 Å². The van der Waals surface area contributed by atoms with Crippen LogP contribution >= 0.6 is 15.9 Å². The molecular weight excluding hydrogens is 399 g/mol. The SMILES string of the molecule is Fc1ccc([C@H]2CN(Cc3cc(Br)ccc3OC(F)F)CCO2)cc1. The topological polar surface area (TPSA) is 21.7 Å². The number of rotatable bonds is 5. The number of ether oxygens (including phenoxy) is 2. The van der Waals surface area contributed by atoms with Gasteiger partial charge in [0.15, 0.2) is 0 Å². The first kappa shape index (κ1) is 18.2. The van der Waals surface area contributed by atoms with Gasteiger partial charge in [0.2, 0.25) is 0 Å². The van der Waals surface area contributed by atoms with Gasteiger partial charge in [-0.3, -0.25) is 4.90 Å². The number of alkyl halides is 2. The fourth-order valence-electron chi connectivity index (χ4n) is 2.85. The van der Waals surface area contributed by atoms with E-state index in [1.807, 2.05) is 0 Å². The maximum atomic E-state index is 13.1. The van der Waals surface area contributed by atoms with E-state index in [1.165, 1.54) is 18.2 Å². The minimum atomic E-state index is -2.86. The molecule has 0 radical (unpaired) electrons. The van der Waals surface area contributed by atoms with Crippen molar-refractivity contribution < 1.29 is 22.6 Å². The summed E-state index contributed by atoms with van der Waals surface area (Å²) in [4.78, 5) is 2.11. The molecule has 0 saturated carbocycles. The highest BCUT2D eigenvalue weighted by molar-refractivity contribution is 9.10. The van der Waals surface area contributed by atoms with E-state index < -0.39 is 6.61 Å². The molecule has 1 heterocycles. The van der Waals surface area contributed by atoms with Gasteiger partial charge in [-0.05, 0) is 35.9 Å². The molecule has 2 aromatic carbocycles. The Hall–Kier alpha value is -1.57. The van der Waals surface area contributed by atoms with Crippen LogP contribution in [0, 0.1) is 5.82 Å². The van der Waals surface area contributed by atoms with Gasteiger partial charge >= 0.3 is 6.61 Å². The zero-order valence-electron chi connectivity index (χ0n) is 13.3. The lowest BCUT2D eigenvalue weighted by atomic mass is 10.1. The minimum Gasteiger partial charge on any atom is -0.434 e. The Labute approximate surface area is 152 Å². The largest absolute Gasteiger partial charge is 0.434 e. The molecule has 3 nitrogen and oxygen atoms in total. The summed E-state index contributed by atoms with van der Waals surface area (Å²) in [6, 6.07) is 11.2. The number of hydrogen-bond acceptors (Lipinski definition) is 3. The molecule has 134 valence electrons. The minimum absolute atomic E-state index is 0.169. The highest BCUT2D eigenvalue weighted by atomic mass is 79.9. The molecule has 0 unspecified atom stereocenters. The van der Waals surface area contributed by atoms with Gasteiger partial charge in [-0.25, -0.2) is 4.39 Å². The predicted octanol–water partition coefficient (Wildman–Crippen LogP) is 4.76. The van der Waals surface area contributed by atoms with Gasteiger partial charge in [-0.1, -0.05) is 28.1 Å². The molecule has 25 heavy (non-hydrogen) atoms. The van der Waals surface area contributed by atoms with Gasteiger partial charge in [0.25, 0.3) is 0 Å². The van der Waals surface area contributed by atoms with E-state index in [2.05, 4.69) is 25.6 Å². The standard InChI is InChI=1S/C18H17BrF3NO2/c19-14-3-6-16(25-18(21)22)13(9-14)10-23-7-8-24-17(11-23)12-1-4-15(20)5-2-12/h1-6,9,17-18H,7-8,10-11H2/t17-/m1/s1. The van der Waals surface area contributed by atoms with E-state index >= 15 is 0 Å². The van der Waals surface area contributed by atoms with E-state index in [0.717, 1.165) is 10.0 Å². The Morgan fingerprint density at radius 3 is 2.68 bits per heavy atom. The zero-order chi connectivity index (χ0) is 17.8. The van der Waals surface area contributed by atoms with Crippen molar-refractivity contribution in [2.24, 2.45) is 0 Å². The maximum Gasteiger partial charge on any atom is 0.387 e. The summed E-state index contributed by atoms with van der Waals surface area (Å²) in [5.74, 6) is -0.123. The lowest BCUT2D eigenvalue weighted by Crippen LogP contribution is -2.37. The molecule has 1 atom stereocenters. The third-order valence-corrected chi connectivity index (χ3v) is 4.52. The normalized spacial score (nSPS) is 18.5. The maximum absolute atomic E-state index is 13.1. The van der Waals surface area contributed by atoms with Crippen molar-refractivity contribution >= 4 is 15.9 Å². The smallest absolute Gasteiger partial charge is 0.387 e. The molecule has 3 rings (SSSR count). The first-order chi connectivity index (χ1) is 12.0. The van der Waals surface area contributed by atoms with Crippen LogP contribution in [0.5, 0.6) is 5.75 Å². The molecule has 0 aliphatic carbocycles. The van der Waals surface area contributed by atoms with Crippen LogP contribution in [0.4, 0.5) is 13.2 Å². The van der Waals surface area contributed by atoms with Gasteiger partial charge in [0, 0.05) is 29.7 Å². The first-order valence-electron chi connectivity index (χ1n) is 7.84. The van der Waals surface area contributed by atoms with Crippen LogP contribution in [0.3, 0.4) is 0 Å². The summed E-state index contributed by atoms with van der Waals surface area (Å²) >= 11 is 3.36. The molecule has 1 aliphatic heterocycles. The van der Waals surface area contributed by atoms with Crippen LogP contribution in [0.1, 0.15) is 17.2 Å². The quantitative estimate of drug-likeness (QED) is 0.702. The molecule has 7 heteroatoms. The molecule has 0 spiro atoms. The Morgan fingerprint density at radius 2 is 1.96 bits per heavy atom. The first-order valence-corrected chi connectivity index (χ1v) is 8.63. The molecule has 0 aromatic heterocycles. The average Bonchev–Trinajstić information content (AvgIpc) is 2.58. The van der Waals surface area contributed by atoms with E-state index in [-0.39, 0.29) is 17.7 Å². The van der Waals surface area contributed by atoms with Crippen molar-refractivity contribution in [1.29, 1.82) is 0 Å². The van der Waals surface area contributed by atoms with Crippen LogP contribution in [0.15, 0.2) is 46.9 Å². The van der Waals surface area contributed by atoms with Crippen molar-refractivity contribution in [2.45, 2.75) is 19.3 Å². The second kappa shape index (κ2) is 8.21. The van der Waals surface area contributed by atoms with Crippen LogP contribution in [0.2, 0.25) is 0 Å². The monoisotopic (exact) mass is 415 g/mol. The van der Waals surface area contributed by atoms with Crippen LogP contribution in [0.25, 0.3) is 0 Å². The van der Waals surface area contributed by atoms with Crippen molar-refractivity contribution in [3.8, 4) is 5.75 Å². The Morgan fingerprint density at radius 1 is 1.20 bits per heavy atom. The number of benzene rings is 2. The summed E-state index contributed by atoms with van der Waals surface area (Å²) in [6.45, 7) is -0.620. The summed E-state index contributed by atoms with van der Waals surface area (Å²) in [6.07, 6.45) is -0.180. The number of halogens is 4. The molecule has 0 bridgehead atoms. The fraction of sp³-hybridized carbons (Fsp3) is 0.333. The molecule has 0 amide bonds. The van der Waals surface area contributed by atoms with E-state index in [0.29, 0.717) is 31.8 Å². The highest BCUT2D eigenvalue weighted by Crippen LogP contribution is 2.29. The van der Waals surface area contributed by atoms with Gasteiger partial charge in [-0.15, -0.1) is 0 Å². The molecule has 1 aliphatic rings. The van der Waals surface area contributed by atoms with Crippen molar-refractivity contribution in [2.75, 3.05) is 19.7 Å². The zero-order valence-corrected chi connectivity index (χ0v) is 14.9. The summed E-state index contributed by atoms with van der Waals surface area (Å²) in [5.41, 5.74) is 1.57. The number of nitrogens with zero attached hydrogens (tertiary/aromatic N) is 1. The summed E-state index contributed by atoms with van der Waals surface area (Å²) < 4.78 is 49.4. The van der Waals surface area contributed by atoms with Crippen molar-refractivity contribution in [3.05, 3.63) is 63.9 Å². The molecular formula is C18H17BrF3NO2. The number of morpholine rings is 1. The predicted molar refractivity (Wildman–Crippen MR) is 91.1 cm³/mol. The molecule has 0 N–H and O–H groups in total. The third kappa shape index (κ3) is 4.96. The van der Waals surface area contributed by atoms with Crippen LogP contribution in [-0.4, -0.2) is 31.2 Å². The molecule has 1 saturated heterocycles. The van der Waals surface area contributed by atoms with Gasteiger partial charge in [0.1, 0.15) is 11.6 Å². The second-order valence-electron chi connectivity index (χ2n) is 5.78. The van der Waals surface area contributed by atoms with Crippen molar-refractivity contribution in [3.63, 3.8) is 0 Å². The van der Waals surface area contributed by atoms with E-state index in [4.69, 9.17) is 4.74 Å². The number of hydrogen-bond donors (Lipinski definition) is 0. The second-order valence-corrected chi connectivity index (χ2v) is 6.69. The van der Waals surface area contributed by atoms with E-state index in [1.54, 1.807) is 24.3 Å². The molecule has 1 fully saturated rings. The Balaban J connectivity index is 1.72. The highest BCUT2D eigenvalue weighted by Gasteiger charge is 2.23. The Bertz CT molecular complexity index is 712. The lowest BCUT2D eigenvalue weighted by Gasteiger charge is -2.33.